The average Bonchev–Trinajstić information content (AvgIpc) is 2.79. The Labute approximate surface area is 186 Å². The molecule has 2 fully saturated rings. The van der Waals surface area contributed by atoms with Gasteiger partial charge in [-0.15, -0.1) is 0 Å². The second-order valence-electron chi connectivity index (χ2n) is 8.94. The second-order valence-corrected chi connectivity index (χ2v) is 8.94. The predicted molar refractivity (Wildman–Crippen MR) is 126 cm³/mol. The van der Waals surface area contributed by atoms with Crippen molar-refractivity contribution in [3.05, 3.63) is 71.3 Å². The van der Waals surface area contributed by atoms with Crippen LogP contribution in [0.3, 0.4) is 0 Å². The van der Waals surface area contributed by atoms with Gasteiger partial charge in [-0.1, -0.05) is 60.2 Å². The molecule has 2 aromatic carbocycles. The first-order chi connectivity index (χ1) is 15.1. The van der Waals surface area contributed by atoms with Crippen molar-refractivity contribution >= 4 is 12.0 Å². The van der Waals surface area contributed by atoms with E-state index in [-0.39, 0.29) is 0 Å². The van der Waals surface area contributed by atoms with Crippen LogP contribution in [0, 0.1) is 5.92 Å². The maximum Gasteiger partial charge on any atom is 0.222 e. The van der Waals surface area contributed by atoms with Gasteiger partial charge < -0.3 is 9.64 Å². The molecule has 2 aromatic rings. The summed E-state index contributed by atoms with van der Waals surface area (Å²) < 4.78 is 5.50. The molecule has 0 bridgehead atoms. The molecule has 2 aliphatic rings. The molecule has 2 aliphatic heterocycles. The number of fused-ring (bicyclic) bond motifs is 1. The molecule has 0 aliphatic carbocycles. The van der Waals surface area contributed by atoms with E-state index in [1.807, 2.05) is 18.2 Å². The molecule has 0 N–H and O–H groups in total. The third kappa shape index (κ3) is 5.37. The quantitative estimate of drug-likeness (QED) is 0.656. The number of likely N-dealkylation sites (tertiary alicyclic amines) is 2. The minimum absolute atomic E-state index is 0.324. The summed E-state index contributed by atoms with van der Waals surface area (Å²) in [5, 5.41) is 0. The highest BCUT2D eigenvalue weighted by Gasteiger charge is 2.38. The number of amides is 1. The SMILES string of the molecule is COc1ccccc1CCN1C(=O)CC[C@@H]2CN(C/C(C)=C/c3ccccc3)CC[C@@H]21. The lowest BCUT2D eigenvalue weighted by Crippen LogP contribution is -2.56. The van der Waals surface area contributed by atoms with E-state index in [1.54, 1.807) is 7.11 Å². The molecule has 0 radical (unpaired) electrons. The van der Waals surface area contributed by atoms with Crippen LogP contribution in [0.5, 0.6) is 5.75 Å². The summed E-state index contributed by atoms with van der Waals surface area (Å²) in [6.07, 6.45) is 5.91. The zero-order valence-corrected chi connectivity index (χ0v) is 18.8. The summed E-state index contributed by atoms with van der Waals surface area (Å²) in [7, 11) is 1.71. The van der Waals surface area contributed by atoms with E-state index < -0.39 is 0 Å². The summed E-state index contributed by atoms with van der Waals surface area (Å²) in [5.41, 5.74) is 3.84. The fourth-order valence-electron chi connectivity index (χ4n) is 5.24. The zero-order chi connectivity index (χ0) is 21.6. The minimum Gasteiger partial charge on any atom is -0.496 e. The standard InChI is InChI=1S/C27H34N2O2/c1-21(18-22-8-4-3-5-9-22)19-28-16-15-25-24(20-28)12-13-27(30)29(25)17-14-23-10-6-7-11-26(23)31-2/h3-11,18,24-25H,12-17,19-20H2,1-2H3/b21-18+/t24-,25+/m1/s1. The first kappa shape index (κ1) is 21.6. The lowest BCUT2D eigenvalue weighted by molar-refractivity contribution is -0.140. The number of nitrogens with zero attached hydrogens (tertiary/aromatic N) is 2. The summed E-state index contributed by atoms with van der Waals surface area (Å²) in [4.78, 5) is 17.5. The van der Waals surface area contributed by atoms with Gasteiger partial charge in [-0.2, -0.15) is 0 Å². The van der Waals surface area contributed by atoms with Crippen molar-refractivity contribution in [2.75, 3.05) is 33.3 Å². The number of piperidine rings is 2. The average molecular weight is 419 g/mol. The molecule has 0 saturated carbocycles. The first-order valence-electron chi connectivity index (χ1n) is 11.5. The Hall–Kier alpha value is -2.59. The highest BCUT2D eigenvalue weighted by molar-refractivity contribution is 5.77. The topological polar surface area (TPSA) is 32.8 Å². The molecular weight excluding hydrogens is 384 g/mol. The number of rotatable bonds is 7. The van der Waals surface area contributed by atoms with Crippen LogP contribution < -0.4 is 4.74 Å². The van der Waals surface area contributed by atoms with Crippen molar-refractivity contribution in [3.63, 3.8) is 0 Å². The van der Waals surface area contributed by atoms with E-state index in [4.69, 9.17) is 4.74 Å². The summed E-state index contributed by atoms with van der Waals surface area (Å²) in [5.74, 6) is 1.82. The molecule has 4 rings (SSSR count). The van der Waals surface area contributed by atoms with Crippen LogP contribution in [0.1, 0.15) is 37.3 Å². The van der Waals surface area contributed by atoms with E-state index in [1.165, 1.54) is 16.7 Å². The number of hydrogen-bond donors (Lipinski definition) is 0. The molecule has 1 amide bonds. The van der Waals surface area contributed by atoms with Crippen LogP contribution >= 0.6 is 0 Å². The Balaban J connectivity index is 1.36. The van der Waals surface area contributed by atoms with Gasteiger partial charge in [-0.25, -0.2) is 0 Å². The number of para-hydroxylation sites is 1. The number of ether oxygens (including phenoxy) is 1. The maximum absolute atomic E-state index is 12.8. The second kappa shape index (κ2) is 10.1. The lowest BCUT2D eigenvalue weighted by atomic mass is 9.83. The van der Waals surface area contributed by atoms with Gasteiger partial charge in [0.1, 0.15) is 5.75 Å². The van der Waals surface area contributed by atoms with Crippen molar-refractivity contribution in [1.29, 1.82) is 0 Å². The van der Waals surface area contributed by atoms with E-state index in [9.17, 15) is 4.79 Å². The van der Waals surface area contributed by atoms with Gasteiger partial charge in [0.25, 0.3) is 0 Å². The number of carbonyl (C=O) groups excluding carboxylic acids is 1. The van der Waals surface area contributed by atoms with Gasteiger partial charge in [0.2, 0.25) is 5.91 Å². The van der Waals surface area contributed by atoms with E-state index >= 15 is 0 Å². The van der Waals surface area contributed by atoms with Crippen molar-refractivity contribution < 1.29 is 9.53 Å². The highest BCUT2D eigenvalue weighted by Crippen LogP contribution is 2.32. The fraction of sp³-hybridized carbons (Fsp3) is 0.444. The molecule has 4 nitrogen and oxygen atoms in total. The number of benzene rings is 2. The van der Waals surface area contributed by atoms with Crippen LogP contribution in [0.2, 0.25) is 0 Å². The lowest BCUT2D eigenvalue weighted by Gasteiger charge is -2.47. The van der Waals surface area contributed by atoms with Gasteiger partial charge in [0.15, 0.2) is 0 Å². The molecule has 0 unspecified atom stereocenters. The van der Waals surface area contributed by atoms with Crippen LogP contribution in [-0.2, 0) is 11.2 Å². The van der Waals surface area contributed by atoms with Crippen molar-refractivity contribution in [2.45, 2.75) is 38.6 Å². The third-order valence-electron chi connectivity index (χ3n) is 6.73. The number of hydrogen-bond acceptors (Lipinski definition) is 3. The number of carbonyl (C=O) groups is 1. The maximum atomic E-state index is 12.8. The predicted octanol–water partition coefficient (Wildman–Crippen LogP) is 4.65. The molecule has 2 atom stereocenters. The molecule has 2 saturated heterocycles. The van der Waals surface area contributed by atoms with Gasteiger partial charge in [0.05, 0.1) is 7.11 Å². The van der Waals surface area contributed by atoms with Crippen molar-refractivity contribution in [3.8, 4) is 5.75 Å². The van der Waals surface area contributed by atoms with Crippen LogP contribution in [0.4, 0.5) is 0 Å². The first-order valence-corrected chi connectivity index (χ1v) is 11.5. The summed E-state index contributed by atoms with van der Waals surface area (Å²) in [6.45, 7) is 6.16. The largest absolute Gasteiger partial charge is 0.496 e. The van der Waals surface area contributed by atoms with Crippen LogP contribution in [0.15, 0.2) is 60.2 Å². The minimum atomic E-state index is 0.324. The molecule has 31 heavy (non-hydrogen) atoms. The van der Waals surface area contributed by atoms with E-state index in [0.29, 0.717) is 24.3 Å². The normalized spacial score (nSPS) is 22.3. The summed E-state index contributed by atoms with van der Waals surface area (Å²) >= 11 is 0. The van der Waals surface area contributed by atoms with Gasteiger partial charge in [-0.3, -0.25) is 9.69 Å². The Kier molecular flexibility index (Phi) is 7.08. The van der Waals surface area contributed by atoms with Crippen molar-refractivity contribution in [1.82, 2.24) is 9.80 Å². The summed E-state index contributed by atoms with van der Waals surface area (Å²) in [6, 6.07) is 19.1. The molecule has 4 heteroatoms. The molecule has 2 heterocycles. The fourth-order valence-corrected chi connectivity index (χ4v) is 5.24. The van der Waals surface area contributed by atoms with Crippen LogP contribution in [0.25, 0.3) is 6.08 Å². The Morgan fingerprint density at radius 3 is 2.68 bits per heavy atom. The molecule has 0 aromatic heterocycles. The Morgan fingerprint density at radius 2 is 1.87 bits per heavy atom. The number of methoxy groups -OCH3 is 1. The van der Waals surface area contributed by atoms with Crippen LogP contribution in [-0.4, -0.2) is 55.0 Å². The Morgan fingerprint density at radius 1 is 1.10 bits per heavy atom. The highest BCUT2D eigenvalue weighted by atomic mass is 16.5. The van der Waals surface area contributed by atoms with Gasteiger partial charge in [-0.05, 0) is 49.3 Å². The molecule has 0 spiro atoms. The van der Waals surface area contributed by atoms with Gasteiger partial charge >= 0.3 is 0 Å². The Bertz CT molecular complexity index is 908. The smallest absolute Gasteiger partial charge is 0.222 e. The monoisotopic (exact) mass is 418 g/mol. The van der Waals surface area contributed by atoms with E-state index in [0.717, 1.165) is 51.2 Å². The van der Waals surface area contributed by atoms with Crippen molar-refractivity contribution in [2.24, 2.45) is 5.92 Å². The zero-order valence-electron chi connectivity index (χ0n) is 18.8. The third-order valence-corrected chi connectivity index (χ3v) is 6.73. The molecular formula is C27H34N2O2. The molecule has 164 valence electrons. The van der Waals surface area contributed by atoms with E-state index in [2.05, 4.69) is 59.2 Å². The van der Waals surface area contributed by atoms with Gasteiger partial charge in [0, 0.05) is 38.6 Å².